The predicted molar refractivity (Wildman–Crippen MR) is 77.7 cm³/mol. The largest absolute Gasteiger partial charge is 0.465 e. The quantitative estimate of drug-likeness (QED) is 0.822. The van der Waals surface area contributed by atoms with E-state index in [1.807, 2.05) is 6.92 Å². The van der Waals surface area contributed by atoms with Crippen molar-refractivity contribution in [2.24, 2.45) is 0 Å². The van der Waals surface area contributed by atoms with Gasteiger partial charge >= 0.3 is 0 Å². The number of hydrogen-bond donors (Lipinski definition) is 1. The average molecular weight is 282 g/mol. The lowest BCUT2D eigenvalue weighted by Crippen LogP contribution is -2.27. The highest BCUT2D eigenvalue weighted by Gasteiger charge is 2.33. The molecule has 5 nitrogen and oxygen atoms in total. The van der Waals surface area contributed by atoms with Crippen LogP contribution in [0.3, 0.4) is 0 Å². The van der Waals surface area contributed by atoms with Gasteiger partial charge < -0.3 is 19.2 Å². The lowest BCUT2D eigenvalue weighted by molar-refractivity contribution is -0.00461. The lowest BCUT2D eigenvalue weighted by atomic mass is 10.2. The summed E-state index contributed by atoms with van der Waals surface area (Å²) in [5, 5.41) is 3.33. The third-order valence-corrected chi connectivity index (χ3v) is 3.91. The number of methoxy groups -OCH3 is 2. The second-order valence-electron chi connectivity index (χ2n) is 5.32. The van der Waals surface area contributed by atoms with Crippen LogP contribution in [0.1, 0.15) is 24.0 Å². The molecule has 0 amide bonds. The van der Waals surface area contributed by atoms with E-state index in [0.717, 1.165) is 44.2 Å². The number of furan rings is 1. The molecule has 2 unspecified atom stereocenters. The Morgan fingerprint density at radius 2 is 1.95 bits per heavy atom. The number of rotatable bonds is 7. The highest BCUT2D eigenvalue weighted by molar-refractivity contribution is 5.20. The molecule has 114 valence electrons. The molecule has 1 aromatic heterocycles. The molecule has 0 aromatic carbocycles. The van der Waals surface area contributed by atoms with Gasteiger partial charge in [0.15, 0.2) is 0 Å². The van der Waals surface area contributed by atoms with Gasteiger partial charge in [0.2, 0.25) is 0 Å². The fourth-order valence-electron chi connectivity index (χ4n) is 2.72. The van der Waals surface area contributed by atoms with E-state index in [2.05, 4.69) is 23.2 Å². The second kappa shape index (κ2) is 7.22. The summed E-state index contributed by atoms with van der Waals surface area (Å²) in [4.78, 5) is 2.32. The molecule has 20 heavy (non-hydrogen) atoms. The Morgan fingerprint density at radius 1 is 1.30 bits per heavy atom. The molecule has 0 saturated carbocycles. The Balaban J connectivity index is 1.94. The van der Waals surface area contributed by atoms with Crippen LogP contribution in [-0.2, 0) is 22.6 Å². The summed E-state index contributed by atoms with van der Waals surface area (Å²) in [6, 6.07) is 2.15. The summed E-state index contributed by atoms with van der Waals surface area (Å²) in [6.45, 7) is 8.55. The smallest absolute Gasteiger partial charge is 0.118 e. The zero-order chi connectivity index (χ0) is 14.5. The van der Waals surface area contributed by atoms with E-state index < -0.39 is 0 Å². The van der Waals surface area contributed by atoms with Gasteiger partial charge in [0.25, 0.3) is 0 Å². The number of likely N-dealkylation sites (tertiary alicyclic amines) is 1. The van der Waals surface area contributed by atoms with Crippen LogP contribution in [0.15, 0.2) is 10.5 Å². The second-order valence-corrected chi connectivity index (χ2v) is 5.32. The van der Waals surface area contributed by atoms with Crippen LogP contribution in [0, 0.1) is 6.92 Å². The van der Waals surface area contributed by atoms with Gasteiger partial charge in [-0.1, -0.05) is 6.92 Å². The summed E-state index contributed by atoms with van der Waals surface area (Å²) in [5.74, 6) is 2.02. The van der Waals surface area contributed by atoms with E-state index in [1.54, 1.807) is 14.2 Å². The van der Waals surface area contributed by atoms with E-state index in [4.69, 9.17) is 13.9 Å². The molecule has 0 spiro atoms. The Bertz CT molecular complexity index is 407. The number of aryl methyl sites for hydroxylation is 1. The normalized spacial score (nSPS) is 23.6. The van der Waals surface area contributed by atoms with Gasteiger partial charge in [0, 0.05) is 39.4 Å². The Morgan fingerprint density at radius 3 is 2.50 bits per heavy atom. The van der Waals surface area contributed by atoms with Crippen LogP contribution in [0.2, 0.25) is 0 Å². The van der Waals surface area contributed by atoms with Crippen LogP contribution < -0.4 is 5.32 Å². The molecule has 0 bridgehead atoms. The molecule has 1 aromatic rings. The Kier molecular flexibility index (Phi) is 5.60. The third-order valence-electron chi connectivity index (χ3n) is 3.91. The maximum absolute atomic E-state index is 5.85. The van der Waals surface area contributed by atoms with Gasteiger partial charge in [-0.25, -0.2) is 0 Å². The molecule has 1 saturated heterocycles. The van der Waals surface area contributed by atoms with Crippen molar-refractivity contribution in [3.05, 3.63) is 23.2 Å². The van der Waals surface area contributed by atoms with Crippen LogP contribution in [0.4, 0.5) is 0 Å². The topological polar surface area (TPSA) is 46.9 Å². The first-order valence-electron chi connectivity index (χ1n) is 7.24. The van der Waals surface area contributed by atoms with Crippen LogP contribution in [0.25, 0.3) is 0 Å². The molecule has 1 fully saturated rings. The summed E-state index contributed by atoms with van der Waals surface area (Å²) < 4.78 is 16.8. The van der Waals surface area contributed by atoms with E-state index in [1.165, 1.54) is 5.56 Å². The highest BCUT2D eigenvalue weighted by Crippen LogP contribution is 2.21. The van der Waals surface area contributed by atoms with E-state index in [9.17, 15) is 0 Å². The Labute approximate surface area is 121 Å². The van der Waals surface area contributed by atoms with Gasteiger partial charge in [0.05, 0.1) is 18.8 Å². The lowest BCUT2D eigenvalue weighted by Gasteiger charge is -2.13. The average Bonchev–Trinajstić information content (AvgIpc) is 3.00. The van der Waals surface area contributed by atoms with Crippen molar-refractivity contribution in [3.63, 3.8) is 0 Å². The van der Waals surface area contributed by atoms with Crippen LogP contribution in [0.5, 0.6) is 0 Å². The number of ether oxygens (including phenoxy) is 2. The number of hydrogen-bond acceptors (Lipinski definition) is 5. The molecule has 0 radical (unpaired) electrons. The molecule has 1 N–H and O–H groups in total. The number of nitrogens with one attached hydrogen (secondary N) is 1. The van der Waals surface area contributed by atoms with Crippen molar-refractivity contribution in [2.75, 3.05) is 33.9 Å². The summed E-state index contributed by atoms with van der Waals surface area (Å²) in [5.41, 5.74) is 1.24. The van der Waals surface area contributed by atoms with Crippen LogP contribution >= 0.6 is 0 Å². The molecule has 2 rings (SSSR count). The third kappa shape index (κ3) is 3.61. The highest BCUT2D eigenvalue weighted by atomic mass is 16.5. The first kappa shape index (κ1) is 15.5. The van der Waals surface area contributed by atoms with Crippen molar-refractivity contribution in [1.82, 2.24) is 10.2 Å². The van der Waals surface area contributed by atoms with Gasteiger partial charge in [-0.3, -0.25) is 4.90 Å². The van der Waals surface area contributed by atoms with Gasteiger partial charge in [-0.2, -0.15) is 0 Å². The summed E-state index contributed by atoms with van der Waals surface area (Å²) in [7, 11) is 3.48. The molecule has 1 aliphatic heterocycles. The van der Waals surface area contributed by atoms with E-state index in [-0.39, 0.29) is 12.2 Å². The fourth-order valence-corrected chi connectivity index (χ4v) is 2.72. The predicted octanol–water partition coefficient (Wildman–Crippen LogP) is 1.54. The van der Waals surface area contributed by atoms with Crippen molar-refractivity contribution < 1.29 is 13.9 Å². The van der Waals surface area contributed by atoms with Crippen LogP contribution in [-0.4, -0.2) is 51.0 Å². The Hall–Kier alpha value is -0.880. The number of nitrogens with zero attached hydrogens (tertiary/aromatic N) is 1. The summed E-state index contributed by atoms with van der Waals surface area (Å²) >= 11 is 0. The fraction of sp³-hybridized carbons (Fsp3) is 0.733. The molecule has 2 heterocycles. The molecule has 1 aliphatic rings. The van der Waals surface area contributed by atoms with E-state index in [0.29, 0.717) is 0 Å². The first-order chi connectivity index (χ1) is 9.67. The van der Waals surface area contributed by atoms with Crippen molar-refractivity contribution in [1.29, 1.82) is 0 Å². The SMILES string of the molecule is CCNCc1cc(CN2CC(OC)C(OC)C2)oc1C. The minimum Gasteiger partial charge on any atom is -0.465 e. The first-order valence-corrected chi connectivity index (χ1v) is 7.24. The standard InChI is InChI=1S/C15H26N2O3/c1-5-16-7-12-6-13(20-11(12)2)8-17-9-14(18-3)15(10-17)19-4/h6,14-16H,5,7-10H2,1-4H3. The maximum atomic E-state index is 5.85. The zero-order valence-electron chi connectivity index (χ0n) is 12.9. The van der Waals surface area contributed by atoms with Gasteiger partial charge in [-0.05, 0) is 19.5 Å². The molecule has 0 aliphatic carbocycles. The maximum Gasteiger partial charge on any atom is 0.118 e. The van der Waals surface area contributed by atoms with E-state index >= 15 is 0 Å². The van der Waals surface area contributed by atoms with Crippen molar-refractivity contribution in [3.8, 4) is 0 Å². The molecule has 2 atom stereocenters. The minimum atomic E-state index is 0.150. The molecule has 5 heteroatoms. The minimum absolute atomic E-state index is 0.150. The zero-order valence-corrected chi connectivity index (χ0v) is 12.9. The van der Waals surface area contributed by atoms with Crippen molar-refractivity contribution in [2.45, 2.75) is 39.1 Å². The molecular formula is C15H26N2O3. The van der Waals surface area contributed by atoms with Gasteiger partial charge in [0.1, 0.15) is 11.5 Å². The summed E-state index contributed by atoms with van der Waals surface area (Å²) in [6.07, 6.45) is 0.301. The van der Waals surface area contributed by atoms with Gasteiger partial charge in [-0.15, -0.1) is 0 Å². The van der Waals surface area contributed by atoms with Crippen molar-refractivity contribution >= 4 is 0 Å². The molecular weight excluding hydrogens is 256 g/mol. The monoisotopic (exact) mass is 282 g/mol.